The lowest BCUT2D eigenvalue weighted by Gasteiger charge is -2.13. The van der Waals surface area contributed by atoms with Crippen LogP contribution in [0.5, 0.6) is 0 Å². The van der Waals surface area contributed by atoms with Gasteiger partial charge in [0.1, 0.15) is 0 Å². The summed E-state index contributed by atoms with van der Waals surface area (Å²) in [6.45, 7) is 0.404. The van der Waals surface area contributed by atoms with Crippen molar-refractivity contribution in [2.75, 3.05) is 6.61 Å². The Kier molecular flexibility index (Phi) is 9.40. The molecule has 0 unspecified atom stereocenters. The van der Waals surface area contributed by atoms with Gasteiger partial charge in [-0.05, 0) is 44.4 Å². The largest absolute Gasteiger partial charge is 0.396 e. The molecule has 100 valence electrons. The quantitative estimate of drug-likeness (QED) is 0.648. The summed E-state index contributed by atoms with van der Waals surface area (Å²) in [5.74, 6) is 0.582. The molecule has 1 N–H and O–H groups in total. The summed E-state index contributed by atoms with van der Waals surface area (Å²) in [6.07, 6.45) is 20.5. The Labute approximate surface area is 107 Å². The van der Waals surface area contributed by atoms with Gasteiger partial charge in [0.05, 0.1) is 0 Å². The van der Waals surface area contributed by atoms with Crippen LogP contribution in [0.4, 0.5) is 0 Å². The van der Waals surface area contributed by atoms with Crippen molar-refractivity contribution in [3.8, 4) is 0 Å². The highest BCUT2D eigenvalue weighted by Crippen LogP contribution is 2.19. The summed E-state index contributed by atoms with van der Waals surface area (Å²) >= 11 is 0. The monoisotopic (exact) mass is 238 g/mol. The second-order valence-corrected chi connectivity index (χ2v) is 5.50. The summed E-state index contributed by atoms with van der Waals surface area (Å²) in [5.41, 5.74) is 0. The van der Waals surface area contributed by atoms with Crippen LogP contribution in [-0.2, 0) is 0 Å². The molecule has 1 aliphatic carbocycles. The average molecular weight is 238 g/mol. The topological polar surface area (TPSA) is 20.2 Å². The molecule has 0 atom stereocenters. The van der Waals surface area contributed by atoms with Crippen LogP contribution in [0.1, 0.15) is 77.0 Å². The molecule has 0 fully saturated rings. The molecule has 0 heterocycles. The van der Waals surface area contributed by atoms with Crippen molar-refractivity contribution in [2.24, 2.45) is 5.92 Å². The Morgan fingerprint density at radius 3 is 1.65 bits per heavy atom. The van der Waals surface area contributed by atoms with E-state index in [1.165, 1.54) is 77.0 Å². The van der Waals surface area contributed by atoms with Crippen LogP contribution in [0.2, 0.25) is 0 Å². The molecule has 0 amide bonds. The Hall–Kier alpha value is -0.300. The molecule has 0 saturated heterocycles. The molecule has 1 nitrogen and oxygen atoms in total. The molecule has 17 heavy (non-hydrogen) atoms. The van der Waals surface area contributed by atoms with Gasteiger partial charge in [-0.3, -0.25) is 0 Å². The first-order valence-corrected chi connectivity index (χ1v) is 7.69. The van der Waals surface area contributed by atoms with Crippen molar-refractivity contribution in [2.45, 2.75) is 77.0 Å². The zero-order chi connectivity index (χ0) is 12.2. The van der Waals surface area contributed by atoms with E-state index in [9.17, 15) is 5.11 Å². The predicted octanol–water partition coefficient (Wildman–Crippen LogP) is 4.85. The van der Waals surface area contributed by atoms with Gasteiger partial charge in [0.25, 0.3) is 0 Å². The fourth-order valence-electron chi connectivity index (χ4n) is 2.66. The van der Waals surface area contributed by atoms with Crippen LogP contribution in [0.15, 0.2) is 12.2 Å². The fourth-order valence-corrected chi connectivity index (χ4v) is 2.66. The van der Waals surface area contributed by atoms with Crippen molar-refractivity contribution in [3.63, 3.8) is 0 Å². The van der Waals surface area contributed by atoms with Crippen LogP contribution in [0.25, 0.3) is 0 Å². The highest BCUT2D eigenvalue weighted by atomic mass is 16.3. The van der Waals surface area contributed by atoms with Gasteiger partial charge in [0.15, 0.2) is 0 Å². The van der Waals surface area contributed by atoms with E-state index in [0.717, 1.165) is 0 Å². The van der Waals surface area contributed by atoms with E-state index in [-0.39, 0.29) is 0 Å². The number of hydrogen-bond donors (Lipinski definition) is 1. The first kappa shape index (κ1) is 14.8. The summed E-state index contributed by atoms with van der Waals surface area (Å²) in [4.78, 5) is 0. The predicted molar refractivity (Wildman–Crippen MR) is 75.1 cm³/mol. The maximum Gasteiger partial charge on any atom is 0.0459 e. The molecule has 0 aromatic carbocycles. The lowest BCUT2D eigenvalue weighted by Crippen LogP contribution is -2.06. The smallest absolute Gasteiger partial charge is 0.0459 e. The van der Waals surface area contributed by atoms with E-state index < -0.39 is 0 Å². The van der Waals surface area contributed by atoms with Crippen LogP contribution < -0.4 is 0 Å². The average Bonchev–Trinajstić information content (AvgIpc) is 2.36. The van der Waals surface area contributed by atoms with Gasteiger partial charge in [-0.2, -0.15) is 0 Å². The Bertz CT molecular complexity index is 168. The van der Waals surface area contributed by atoms with Crippen LogP contribution in [0, 0.1) is 5.92 Å². The molecule has 0 saturated carbocycles. The summed E-state index contributed by atoms with van der Waals surface area (Å²) in [5, 5.41) is 9.33. The first-order chi connectivity index (χ1) is 8.43. The van der Waals surface area contributed by atoms with E-state index in [4.69, 9.17) is 0 Å². The third-order valence-corrected chi connectivity index (χ3v) is 3.89. The van der Waals surface area contributed by atoms with Crippen LogP contribution in [-0.4, -0.2) is 11.7 Å². The second-order valence-electron chi connectivity index (χ2n) is 5.50. The van der Waals surface area contributed by atoms with Gasteiger partial charge >= 0.3 is 0 Å². The molecule has 1 aliphatic rings. The summed E-state index contributed by atoms with van der Waals surface area (Å²) in [6, 6.07) is 0. The van der Waals surface area contributed by atoms with Gasteiger partial charge in [-0.15, -0.1) is 0 Å². The van der Waals surface area contributed by atoms with Gasteiger partial charge in [0, 0.05) is 6.61 Å². The minimum absolute atomic E-state index is 0.404. The number of aliphatic hydroxyl groups excluding tert-OH is 1. The second kappa shape index (κ2) is 10.8. The van der Waals surface area contributed by atoms with Crippen LogP contribution in [0.3, 0.4) is 0 Å². The molecule has 0 aromatic heterocycles. The number of allylic oxidation sites excluding steroid dienone is 2. The molecule has 0 aliphatic heterocycles. The zero-order valence-corrected chi connectivity index (χ0v) is 11.4. The molecule has 1 heteroatoms. The van der Waals surface area contributed by atoms with Gasteiger partial charge < -0.3 is 5.11 Å². The van der Waals surface area contributed by atoms with Crippen molar-refractivity contribution in [3.05, 3.63) is 12.2 Å². The van der Waals surface area contributed by atoms with E-state index in [1.807, 2.05) is 0 Å². The Morgan fingerprint density at radius 2 is 1.18 bits per heavy atom. The van der Waals surface area contributed by atoms with Crippen molar-refractivity contribution >= 4 is 0 Å². The minimum atomic E-state index is 0.404. The lowest BCUT2D eigenvalue weighted by atomic mass is 9.95. The molecular weight excluding hydrogens is 208 g/mol. The normalized spacial score (nSPS) is 22.9. The van der Waals surface area contributed by atoms with E-state index >= 15 is 0 Å². The summed E-state index contributed by atoms with van der Waals surface area (Å²) in [7, 11) is 0. The third-order valence-electron chi connectivity index (χ3n) is 3.89. The van der Waals surface area contributed by atoms with E-state index in [2.05, 4.69) is 12.2 Å². The highest BCUT2D eigenvalue weighted by molar-refractivity contribution is 4.81. The Balaban J connectivity index is 2.22. The number of rotatable bonds is 1. The summed E-state index contributed by atoms with van der Waals surface area (Å²) < 4.78 is 0. The molecule has 0 aromatic rings. The van der Waals surface area contributed by atoms with Gasteiger partial charge in [-0.25, -0.2) is 0 Å². The van der Waals surface area contributed by atoms with Gasteiger partial charge in [-0.1, -0.05) is 50.7 Å². The lowest BCUT2D eigenvalue weighted by molar-refractivity contribution is 0.204. The highest BCUT2D eigenvalue weighted by Gasteiger charge is 2.06. The standard InChI is InChI=1S/C16H30O/c17-15-16-13-11-9-7-5-3-1-2-4-6-8-10-12-14-16/h1-2,16-17H,3-15H2. The molecule has 0 radical (unpaired) electrons. The Morgan fingerprint density at radius 1 is 0.706 bits per heavy atom. The maximum absolute atomic E-state index is 9.33. The minimum Gasteiger partial charge on any atom is -0.396 e. The zero-order valence-electron chi connectivity index (χ0n) is 11.4. The molecule has 0 bridgehead atoms. The van der Waals surface area contributed by atoms with Crippen molar-refractivity contribution in [1.82, 2.24) is 0 Å². The van der Waals surface area contributed by atoms with Crippen LogP contribution >= 0.6 is 0 Å². The number of hydrogen-bond acceptors (Lipinski definition) is 1. The number of aliphatic hydroxyl groups is 1. The van der Waals surface area contributed by atoms with E-state index in [0.29, 0.717) is 12.5 Å². The molecular formula is C16H30O. The molecule has 0 spiro atoms. The third kappa shape index (κ3) is 8.43. The van der Waals surface area contributed by atoms with Crippen molar-refractivity contribution < 1.29 is 5.11 Å². The van der Waals surface area contributed by atoms with E-state index in [1.54, 1.807) is 0 Å². The fraction of sp³-hybridized carbons (Fsp3) is 0.875. The first-order valence-electron chi connectivity index (χ1n) is 7.69. The molecule has 1 rings (SSSR count). The maximum atomic E-state index is 9.33. The van der Waals surface area contributed by atoms with Crippen molar-refractivity contribution in [1.29, 1.82) is 0 Å². The SMILES string of the molecule is OCC1CCCCCCC=CCCCCCC1. The van der Waals surface area contributed by atoms with Gasteiger partial charge in [0.2, 0.25) is 0 Å².